The van der Waals surface area contributed by atoms with Crippen molar-refractivity contribution in [3.63, 3.8) is 0 Å². The van der Waals surface area contributed by atoms with Crippen LogP contribution in [0.4, 0.5) is 20.9 Å². The number of aromatic nitrogens is 5. The van der Waals surface area contributed by atoms with Gasteiger partial charge in [-0.05, 0) is 53.8 Å². The molecule has 0 atom stereocenters. The number of anilines is 3. The highest BCUT2D eigenvalue weighted by molar-refractivity contribution is 7.14. The maximum Gasteiger partial charge on any atom is 0.248 e. The van der Waals surface area contributed by atoms with Crippen molar-refractivity contribution < 1.29 is 14.0 Å². The summed E-state index contributed by atoms with van der Waals surface area (Å²) in [7, 11) is 0. The second kappa shape index (κ2) is 9.49. The van der Waals surface area contributed by atoms with Crippen molar-refractivity contribution in [2.24, 2.45) is 0 Å². The van der Waals surface area contributed by atoms with Gasteiger partial charge in [-0.3, -0.25) is 14.5 Å². The molecule has 2 amide bonds. The van der Waals surface area contributed by atoms with E-state index in [0.717, 1.165) is 0 Å². The van der Waals surface area contributed by atoms with E-state index in [1.165, 1.54) is 58.2 Å². The van der Waals surface area contributed by atoms with Gasteiger partial charge in [-0.15, -0.1) is 16.4 Å². The molecule has 0 aliphatic carbocycles. The van der Waals surface area contributed by atoms with Crippen molar-refractivity contribution >= 4 is 45.7 Å². The van der Waals surface area contributed by atoms with E-state index in [0.29, 0.717) is 28.0 Å². The molecule has 9 nitrogen and oxygen atoms in total. The average Bonchev–Trinajstić information content (AvgIpc) is 3.43. The van der Waals surface area contributed by atoms with Crippen molar-refractivity contribution in [3.05, 3.63) is 77.3 Å². The highest BCUT2D eigenvalue weighted by Gasteiger charge is 2.17. The van der Waals surface area contributed by atoms with Crippen LogP contribution >= 0.6 is 11.3 Å². The van der Waals surface area contributed by atoms with E-state index in [1.807, 2.05) is 30.3 Å². The number of benzene rings is 2. The number of amides is 2. The molecule has 4 aromatic rings. The van der Waals surface area contributed by atoms with Crippen LogP contribution in [0, 0.1) is 12.7 Å². The summed E-state index contributed by atoms with van der Waals surface area (Å²) >= 11 is 1.29. The Labute approximate surface area is 192 Å². The summed E-state index contributed by atoms with van der Waals surface area (Å²) in [4.78, 5) is 30.5. The van der Waals surface area contributed by atoms with Crippen LogP contribution < -0.4 is 10.2 Å². The lowest BCUT2D eigenvalue weighted by atomic mass is 10.2. The van der Waals surface area contributed by atoms with Crippen molar-refractivity contribution in [1.82, 2.24) is 25.2 Å². The van der Waals surface area contributed by atoms with Gasteiger partial charge >= 0.3 is 0 Å². The minimum Gasteiger partial charge on any atom is -0.322 e. The molecule has 166 valence electrons. The molecular weight excluding hydrogens is 445 g/mol. The standard InChI is InChI=1S/C22H18FN7O2S/c1-14-26-27-28-30(14)20-12-16(8-10-19(20)23)24-21(32)11-9-17-13-33-22(25-17)29(15(2)31)18-6-4-3-5-7-18/h3-13H,1-2H3,(H,24,32)/b11-9+. The first-order chi connectivity index (χ1) is 15.9. The fourth-order valence-electron chi connectivity index (χ4n) is 3.01. The molecular formula is C22H18FN7O2S. The van der Waals surface area contributed by atoms with Crippen LogP contribution in [0.5, 0.6) is 0 Å². The van der Waals surface area contributed by atoms with Gasteiger partial charge in [-0.25, -0.2) is 9.37 Å². The number of aryl methyl sites for hydroxylation is 1. The fraction of sp³-hybridized carbons (Fsp3) is 0.0909. The minimum atomic E-state index is -0.526. The predicted molar refractivity (Wildman–Crippen MR) is 123 cm³/mol. The Bertz CT molecular complexity index is 1330. The summed E-state index contributed by atoms with van der Waals surface area (Å²) < 4.78 is 15.4. The first-order valence-corrected chi connectivity index (χ1v) is 10.7. The molecule has 1 N–H and O–H groups in total. The van der Waals surface area contributed by atoms with E-state index >= 15 is 0 Å². The SMILES string of the molecule is CC(=O)N(c1ccccc1)c1nc(/C=C/C(=O)Nc2ccc(F)c(-n3nnnc3C)c2)cs1. The minimum absolute atomic E-state index is 0.119. The number of halogens is 1. The highest BCUT2D eigenvalue weighted by Crippen LogP contribution is 2.29. The van der Waals surface area contributed by atoms with Crippen molar-refractivity contribution in [1.29, 1.82) is 0 Å². The normalized spacial score (nSPS) is 11.0. The lowest BCUT2D eigenvalue weighted by Crippen LogP contribution is -2.22. The molecule has 0 saturated heterocycles. The third-order valence-electron chi connectivity index (χ3n) is 4.50. The van der Waals surface area contributed by atoms with Crippen LogP contribution in [0.3, 0.4) is 0 Å². The summed E-state index contributed by atoms with van der Waals surface area (Å²) in [6.07, 6.45) is 2.85. The maximum absolute atomic E-state index is 14.2. The molecule has 11 heteroatoms. The van der Waals surface area contributed by atoms with Crippen LogP contribution in [0.1, 0.15) is 18.4 Å². The fourth-order valence-corrected chi connectivity index (χ4v) is 3.87. The largest absolute Gasteiger partial charge is 0.322 e. The zero-order valence-corrected chi connectivity index (χ0v) is 18.5. The first kappa shape index (κ1) is 22.0. The summed E-state index contributed by atoms with van der Waals surface area (Å²) in [6.45, 7) is 3.10. The molecule has 33 heavy (non-hydrogen) atoms. The molecule has 2 aromatic heterocycles. The number of thiazole rings is 1. The number of para-hydroxylation sites is 1. The van der Waals surface area contributed by atoms with Crippen LogP contribution in [-0.2, 0) is 9.59 Å². The lowest BCUT2D eigenvalue weighted by Gasteiger charge is -2.17. The predicted octanol–water partition coefficient (Wildman–Crippen LogP) is 3.90. The zero-order valence-electron chi connectivity index (χ0n) is 17.6. The Balaban J connectivity index is 1.47. The van der Waals surface area contributed by atoms with Crippen LogP contribution in [-0.4, -0.2) is 37.0 Å². The molecule has 0 spiro atoms. The highest BCUT2D eigenvalue weighted by atomic mass is 32.1. The van der Waals surface area contributed by atoms with Crippen LogP contribution in [0.25, 0.3) is 11.8 Å². The second-order valence-electron chi connectivity index (χ2n) is 6.87. The molecule has 0 unspecified atom stereocenters. The van der Waals surface area contributed by atoms with Crippen LogP contribution in [0.2, 0.25) is 0 Å². The van der Waals surface area contributed by atoms with E-state index in [2.05, 4.69) is 25.8 Å². The molecule has 0 fully saturated rings. The van der Waals surface area contributed by atoms with Gasteiger partial charge in [-0.2, -0.15) is 4.68 Å². The number of nitrogens with one attached hydrogen (secondary N) is 1. The van der Waals surface area contributed by atoms with Gasteiger partial charge in [0.1, 0.15) is 11.5 Å². The summed E-state index contributed by atoms with van der Waals surface area (Å²) in [5.74, 6) is -0.718. The van der Waals surface area contributed by atoms with Gasteiger partial charge in [0.15, 0.2) is 11.0 Å². The number of carbonyl (C=O) groups excluding carboxylic acids is 2. The number of tetrazole rings is 1. The van der Waals surface area contributed by atoms with Crippen molar-refractivity contribution in [2.75, 3.05) is 10.2 Å². The molecule has 0 aliphatic rings. The van der Waals surface area contributed by atoms with Gasteiger partial charge in [0.2, 0.25) is 11.8 Å². The second-order valence-corrected chi connectivity index (χ2v) is 7.71. The topological polar surface area (TPSA) is 106 Å². The molecule has 2 heterocycles. The Morgan fingerprint density at radius 3 is 2.67 bits per heavy atom. The first-order valence-electron chi connectivity index (χ1n) is 9.77. The Hall–Kier alpha value is -4.25. The van der Waals surface area contributed by atoms with Gasteiger partial charge in [0, 0.05) is 24.1 Å². The Kier molecular flexibility index (Phi) is 6.31. The Morgan fingerprint density at radius 2 is 1.97 bits per heavy atom. The van der Waals surface area contributed by atoms with E-state index in [1.54, 1.807) is 12.3 Å². The number of rotatable bonds is 6. The van der Waals surface area contributed by atoms with Gasteiger partial charge < -0.3 is 5.32 Å². The van der Waals surface area contributed by atoms with Gasteiger partial charge in [0.25, 0.3) is 0 Å². The van der Waals surface area contributed by atoms with E-state index in [9.17, 15) is 14.0 Å². The number of carbonyl (C=O) groups is 2. The van der Waals surface area contributed by atoms with Gasteiger partial charge in [-0.1, -0.05) is 18.2 Å². The lowest BCUT2D eigenvalue weighted by molar-refractivity contribution is -0.116. The molecule has 0 aliphatic heterocycles. The molecule has 0 saturated carbocycles. The Morgan fingerprint density at radius 1 is 1.18 bits per heavy atom. The number of nitrogens with zero attached hydrogens (tertiary/aromatic N) is 6. The van der Waals surface area contributed by atoms with Crippen LogP contribution in [0.15, 0.2) is 60.0 Å². The van der Waals surface area contributed by atoms with E-state index in [4.69, 9.17) is 0 Å². The van der Waals surface area contributed by atoms with Crippen molar-refractivity contribution in [3.8, 4) is 5.69 Å². The third kappa shape index (κ3) is 4.99. The third-order valence-corrected chi connectivity index (χ3v) is 5.35. The zero-order chi connectivity index (χ0) is 23.4. The van der Waals surface area contributed by atoms with Crippen molar-refractivity contribution in [2.45, 2.75) is 13.8 Å². The molecule has 0 bridgehead atoms. The quantitative estimate of drug-likeness (QED) is 0.435. The summed E-state index contributed by atoms with van der Waals surface area (Å²) in [6, 6.07) is 13.3. The van der Waals surface area contributed by atoms with E-state index < -0.39 is 11.7 Å². The molecule has 0 radical (unpaired) electrons. The number of hydrogen-bond acceptors (Lipinski definition) is 7. The monoisotopic (exact) mass is 463 g/mol. The summed E-state index contributed by atoms with van der Waals surface area (Å²) in [5.41, 5.74) is 1.73. The average molecular weight is 463 g/mol. The smallest absolute Gasteiger partial charge is 0.248 e. The van der Waals surface area contributed by atoms with E-state index in [-0.39, 0.29) is 11.6 Å². The molecule has 2 aromatic carbocycles. The maximum atomic E-state index is 14.2. The summed E-state index contributed by atoms with van der Waals surface area (Å²) in [5, 5.41) is 15.9. The van der Waals surface area contributed by atoms with Gasteiger partial charge in [0.05, 0.1) is 11.4 Å². The number of hydrogen-bond donors (Lipinski definition) is 1. The molecule has 4 rings (SSSR count).